The number of hydrogen-bond donors (Lipinski definition) is 1. The van der Waals surface area contributed by atoms with E-state index in [9.17, 15) is 0 Å². The van der Waals surface area contributed by atoms with Gasteiger partial charge in [0, 0.05) is 13.1 Å². The van der Waals surface area contributed by atoms with E-state index < -0.39 is 0 Å². The molecule has 0 N–H and O–H groups in total. The van der Waals surface area contributed by atoms with Gasteiger partial charge in [0.25, 0.3) is 0 Å². The third kappa shape index (κ3) is 9.55. The highest BCUT2D eigenvalue weighted by molar-refractivity contribution is 7.77. The summed E-state index contributed by atoms with van der Waals surface area (Å²) in [5.74, 6) is 1.37. The molecule has 1 atom stereocenters. The Hall–Kier alpha value is -0.470. The third-order valence-corrected chi connectivity index (χ3v) is 3.22. The van der Waals surface area contributed by atoms with Crippen molar-refractivity contribution in [2.45, 2.75) is 40.5 Å². The zero-order valence-corrected chi connectivity index (χ0v) is 13.3. The summed E-state index contributed by atoms with van der Waals surface area (Å²) in [6.45, 7) is 14.7. The fraction of sp³-hybridized carbons (Fsp3) is 0.625. The Bertz CT molecular complexity index is 279. The van der Waals surface area contributed by atoms with Gasteiger partial charge in [0.2, 0.25) is 0 Å². The van der Waals surface area contributed by atoms with Gasteiger partial charge in [0.1, 0.15) is 0 Å². The highest BCUT2D eigenvalue weighted by atomic mass is 32.1. The van der Waals surface area contributed by atoms with Gasteiger partial charge in [-0.25, -0.2) is 0 Å². The lowest BCUT2D eigenvalue weighted by atomic mass is 9.97. The van der Waals surface area contributed by atoms with Crippen molar-refractivity contribution in [1.29, 1.82) is 0 Å². The van der Waals surface area contributed by atoms with E-state index in [0.717, 1.165) is 19.5 Å². The number of allylic oxidation sites excluding steroid dienone is 5. The van der Waals surface area contributed by atoms with Crippen LogP contribution < -0.4 is 0 Å². The van der Waals surface area contributed by atoms with E-state index in [-0.39, 0.29) is 0 Å². The molecular weight excluding hydrogens is 238 g/mol. The summed E-state index contributed by atoms with van der Waals surface area (Å²) in [5, 5.41) is 0. The Labute approximate surface area is 119 Å². The van der Waals surface area contributed by atoms with Gasteiger partial charge in [-0.2, -0.15) is 0 Å². The first-order chi connectivity index (χ1) is 8.49. The predicted octanol–water partition coefficient (Wildman–Crippen LogP) is 4.89. The summed E-state index contributed by atoms with van der Waals surface area (Å²) in [6, 6.07) is 0. The molecule has 0 bridgehead atoms. The maximum absolute atomic E-state index is 4.51. The molecule has 0 heterocycles. The van der Waals surface area contributed by atoms with Crippen molar-refractivity contribution in [2.75, 3.05) is 13.1 Å². The third-order valence-electron chi connectivity index (χ3n) is 2.86. The molecule has 0 aromatic rings. The van der Waals surface area contributed by atoms with Gasteiger partial charge in [-0.3, -0.25) is 4.31 Å². The van der Waals surface area contributed by atoms with E-state index in [0.29, 0.717) is 11.8 Å². The normalized spacial score (nSPS) is 14.7. The van der Waals surface area contributed by atoms with Crippen molar-refractivity contribution in [1.82, 2.24) is 4.31 Å². The largest absolute Gasteiger partial charge is 0.253 e. The summed E-state index contributed by atoms with van der Waals surface area (Å²) in [5.41, 5.74) is 1.39. The SMILES string of the molecule is C=C/C=C\C(=C/C)C[C@H](C)CCN(S)CC(C)C. The summed E-state index contributed by atoms with van der Waals surface area (Å²) in [7, 11) is 0. The van der Waals surface area contributed by atoms with Crippen molar-refractivity contribution >= 4 is 12.8 Å². The van der Waals surface area contributed by atoms with Crippen molar-refractivity contribution in [3.8, 4) is 0 Å². The minimum Gasteiger partial charge on any atom is -0.253 e. The van der Waals surface area contributed by atoms with Crippen LogP contribution in [0.5, 0.6) is 0 Å². The van der Waals surface area contributed by atoms with Crippen LogP contribution in [0.3, 0.4) is 0 Å². The van der Waals surface area contributed by atoms with E-state index in [4.69, 9.17) is 0 Å². The second-order valence-corrected chi connectivity index (χ2v) is 5.93. The Morgan fingerprint density at radius 3 is 2.50 bits per heavy atom. The Morgan fingerprint density at radius 2 is 2.00 bits per heavy atom. The van der Waals surface area contributed by atoms with Crippen LogP contribution in [0.15, 0.2) is 36.5 Å². The van der Waals surface area contributed by atoms with Crippen molar-refractivity contribution < 1.29 is 0 Å². The molecule has 18 heavy (non-hydrogen) atoms. The fourth-order valence-electron chi connectivity index (χ4n) is 1.86. The molecule has 0 unspecified atom stereocenters. The molecule has 0 aliphatic rings. The number of nitrogens with zero attached hydrogens (tertiary/aromatic N) is 1. The van der Waals surface area contributed by atoms with Gasteiger partial charge >= 0.3 is 0 Å². The van der Waals surface area contributed by atoms with E-state index in [1.54, 1.807) is 0 Å². The van der Waals surface area contributed by atoms with E-state index in [2.05, 4.69) is 63.5 Å². The average Bonchev–Trinajstić information content (AvgIpc) is 2.31. The lowest BCUT2D eigenvalue weighted by molar-refractivity contribution is 0.372. The standard InChI is InChI=1S/C16H29NS/c1-6-8-9-16(7-2)12-15(5)10-11-17(18)13-14(3)4/h6-9,14-15,18H,1,10-13H2,2-5H3/b9-8-,16-7+/t15-/m1/s1. The zero-order chi connectivity index (χ0) is 14.0. The first kappa shape index (κ1) is 17.5. The number of hydrogen-bond acceptors (Lipinski definition) is 2. The number of thiol groups is 1. The lowest BCUT2D eigenvalue weighted by Crippen LogP contribution is -2.20. The van der Waals surface area contributed by atoms with E-state index in [1.165, 1.54) is 12.0 Å². The van der Waals surface area contributed by atoms with Crippen LogP contribution in [0.4, 0.5) is 0 Å². The molecule has 0 saturated heterocycles. The van der Waals surface area contributed by atoms with E-state index >= 15 is 0 Å². The van der Waals surface area contributed by atoms with Crippen molar-refractivity contribution in [3.05, 3.63) is 36.5 Å². The molecule has 0 aromatic heterocycles. The molecule has 1 nitrogen and oxygen atoms in total. The first-order valence-electron chi connectivity index (χ1n) is 6.87. The van der Waals surface area contributed by atoms with Crippen LogP contribution in [0.25, 0.3) is 0 Å². The summed E-state index contributed by atoms with van der Waals surface area (Å²) < 4.78 is 2.13. The highest BCUT2D eigenvalue weighted by Crippen LogP contribution is 2.17. The Morgan fingerprint density at radius 1 is 1.33 bits per heavy atom. The summed E-state index contributed by atoms with van der Waals surface area (Å²) in [6.07, 6.45) is 10.5. The maximum atomic E-state index is 4.51. The van der Waals surface area contributed by atoms with Crippen LogP contribution in [0.2, 0.25) is 0 Å². The molecule has 0 amide bonds. The van der Waals surface area contributed by atoms with Gasteiger partial charge in [0.15, 0.2) is 0 Å². The molecule has 0 spiro atoms. The monoisotopic (exact) mass is 267 g/mol. The van der Waals surface area contributed by atoms with Crippen LogP contribution in [0.1, 0.15) is 40.5 Å². The fourth-order valence-corrected chi connectivity index (χ4v) is 2.30. The molecule has 2 heteroatoms. The predicted molar refractivity (Wildman–Crippen MR) is 86.9 cm³/mol. The number of rotatable bonds is 9. The topological polar surface area (TPSA) is 3.24 Å². The van der Waals surface area contributed by atoms with Crippen LogP contribution >= 0.6 is 12.8 Å². The minimum absolute atomic E-state index is 0.680. The van der Waals surface area contributed by atoms with Crippen molar-refractivity contribution in [3.63, 3.8) is 0 Å². The van der Waals surface area contributed by atoms with Gasteiger partial charge in [0.05, 0.1) is 0 Å². The molecule has 0 saturated carbocycles. The Kier molecular flexibility index (Phi) is 10.2. The van der Waals surface area contributed by atoms with Gasteiger partial charge in [-0.15, -0.1) is 0 Å². The van der Waals surface area contributed by atoms with Crippen LogP contribution in [-0.4, -0.2) is 17.4 Å². The second-order valence-electron chi connectivity index (χ2n) is 5.36. The molecule has 0 rings (SSSR count). The Balaban J connectivity index is 3.99. The average molecular weight is 267 g/mol. The van der Waals surface area contributed by atoms with Gasteiger partial charge in [-0.05, 0) is 31.6 Å². The van der Waals surface area contributed by atoms with E-state index in [1.807, 2.05) is 12.2 Å². The quantitative estimate of drug-likeness (QED) is 0.459. The van der Waals surface area contributed by atoms with Gasteiger partial charge < -0.3 is 0 Å². The second kappa shape index (κ2) is 10.5. The molecule has 0 aliphatic heterocycles. The van der Waals surface area contributed by atoms with Crippen LogP contribution in [-0.2, 0) is 0 Å². The smallest absolute Gasteiger partial charge is 0.0110 e. The molecule has 0 aromatic carbocycles. The van der Waals surface area contributed by atoms with Crippen LogP contribution in [0, 0.1) is 11.8 Å². The zero-order valence-electron chi connectivity index (χ0n) is 12.4. The highest BCUT2D eigenvalue weighted by Gasteiger charge is 2.07. The lowest BCUT2D eigenvalue weighted by Gasteiger charge is -2.20. The molecular formula is C16H29NS. The molecule has 0 fully saturated rings. The van der Waals surface area contributed by atoms with Crippen molar-refractivity contribution in [2.24, 2.45) is 11.8 Å². The summed E-state index contributed by atoms with van der Waals surface area (Å²) in [4.78, 5) is 0. The minimum atomic E-state index is 0.680. The molecule has 0 aliphatic carbocycles. The maximum Gasteiger partial charge on any atom is 0.0110 e. The van der Waals surface area contributed by atoms with Gasteiger partial charge in [-0.1, -0.05) is 70.0 Å². The first-order valence-corrected chi connectivity index (χ1v) is 7.27. The molecule has 0 radical (unpaired) electrons. The molecule has 104 valence electrons. The summed E-state index contributed by atoms with van der Waals surface area (Å²) >= 11 is 4.51.